The van der Waals surface area contributed by atoms with Crippen LogP contribution in [0.5, 0.6) is 0 Å². The lowest BCUT2D eigenvalue weighted by atomic mass is 10.1. The second kappa shape index (κ2) is 7.78. The fourth-order valence-electron chi connectivity index (χ4n) is 1.49. The Morgan fingerprint density at radius 2 is 2.05 bits per heavy atom. The molecule has 116 valence electrons. The summed E-state index contributed by atoms with van der Waals surface area (Å²) in [4.78, 5) is 11.7. The SMILES string of the molecule is C=CCCOCCNC(=O)c1ccc(F)c(C(F)(F)F)c1. The van der Waals surface area contributed by atoms with Gasteiger partial charge in [0.05, 0.1) is 18.8 Å². The van der Waals surface area contributed by atoms with Crippen LogP contribution in [0.3, 0.4) is 0 Å². The third-order valence-electron chi connectivity index (χ3n) is 2.53. The summed E-state index contributed by atoms with van der Waals surface area (Å²) in [5.41, 5.74) is -1.72. The lowest BCUT2D eigenvalue weighted by Crippen LogP contribution is -2.27. The molecule has 3 nitrogen and oxygen atoms in total. The molecule has 1 aromatic carbocycles. The molecule has 1 N–H and O–H groups in total. The second-order valence-corrected chi connectivity index (χ2v) is 4.14. The van der Waals surface area contributed by atoms with E-state index < -0.39 is 23.5 Å². The minimum atomic E-state index is -4.84. The minimum Gasteiger partial charge on any atom is -0.379 e. The minimum absolute atomic E-state index is 0.148. The van der Waals surface area contributed by atoms with Gasteiger partial charge in [0.2, 0.25) is 0 Å². The molecule has 0 aliphatic heterocycles. The number of alkyl halides is 3. The molecule has 0 atom stereocenters. The van der Waals surface area contributed by atoms with Gasteiger partial charge in [-0.1, -0.05) is 6.08 Å². The van der Waals surface area contributed by atoms with E-state index in [1.807, 2.05) is 0 Å². The van der Waals surface area contributed by atoms with Crippen LogP contribution in [0.25, 0.3) is 0 Å². The van der Waals surface area contributed by atoms with E-state index in [0.29, 0.717) is 25.2 Å². The van der Waals surface area contributed by atoms with Crippen LogP contribution in [-0.4, -0.2) is 25.7 Å². The Kier molecular flexibility index (Phi) is 6.36. The molecule has 0 aromatic heterocycles. The highest BCUT2D eigenvalue weighted by atomic mass is 19.4. The molecule has 0 unspecified atom stereocenters. The number of halogens is 4. The van der Waals surface area contributed by atoms with Crippen LogP contribution in [0, 0.1) is 5.82 Å². The smallest absolute Gasteiger partial charge is 0.379 e. The highest BCUT2D eigenvalue weighted by Crippen LogP contribution is 2.31. The van der Waals surface area contributed by atoms with Crippen molar-refractivity contribution in [3.8, 4) is 0 Å². The van der Waals surface area contributed by atoms with Crippen molar-refractivity contribution in [2.45, 2.75) is 12.6 Å². The summed E-state index contributed by atoms with van der Waals surface area (Å²) in [5.74, 6) is -2.13. The van der Waals surface area contributed by atoms with Gasteiger partial charge in [0.15, 0.2) is 0 Å². The van der Waals surface area contributed by atoms with Gasteiger partial charge >= 0.3 is 6.18 Å². The maximum atomic E-state index is 13.1. The first-order chi connectivity index (χ1) is 9.86. The van der Waals surface area contributed by atoms with Crippen molar-refractivity contribution in [1.82, 2.24) is 5.32 Å². The number of carbonyl (C=O) groups is 1. The van der Waals surface area contributed by atoms with Crippen LogP contribution in [0.15, 0.2) is 30.9 Å². The van der Waals surface area contributed by atoms with Crippen molar-refractivity contribution in [3.05, 3.63) is 47.8 Å². The van der Waals surface area contributed by atoms with Gasteiger partial charge in [0.1, 0.15) is 5.82 Å². The molecule has 0 fully saturated rings. The molecule has 0 spiro atoms. The van der Waals surface area contributed by atoms with Gasteiger partial charge in [0.25, 0.3) is 5.91 Å². The van der Waals surface area contributed by atoms with Crippen LogP contribution in [0.4, 0.5) is 17.6 Å². The standard InChI is InChI=1S/C14H15F4NO2/c1-2-3-7-21-8-6-19-13(20)10-4-5-12(15)11(9-10)14(16,17)18/h2,4-5,9H,1,3,6-8H2,(H,19,20). The first-order valence-corrected chi connectivity index (χ1v) is 6.20. The van der Waals surface area contributed by atoms with Gasteiger partial charge in [-0.05, 0) is 24.6 Å². The van der Waals surface area contributed by atoms with E-state index in [9.17, 15) is 22.4 Å². The molecule has 0 heterocycles. The monoisotopic (exact) mass is 305 g/mol. The van der Waals surface area contributed by atoms with Crippen LogP contribution >= 0.6 is 0 Å². The summed E-state index contributed by atoms with van der Waals surface area (Å²) < 4.78 is 55.8. The number of ether oxygens (including phenoxy) is 1. The summed E-state index contributed by atoms with van der Waals surface area (Å²) >= 11 is 0. The van der Waals surface area contributed by atoms with Crippen molar-refractivity contribution >= 4 is 5.91 Å². The van der Waals surface area contributed by atoms with Crippen molar-refractivity contribution in [2.24, 2.45) is 0 Å². The molecule has 0 aliphatic rings. The van der Waals surface area contributed by atoms with Crippen LogP contribution < -0.4 is 5.32 Å². The van der Waals surface area contributed by atoms with Gasteiger partial charge < -0.3 is 10.1 Å². The lowest BCUT2D eigenvalue weighted by molar-refractivity contribution is -0.140. The average molecular weight is 305 g/mol. The van der Waals surface area contributed by atoms with E-state index in [4.69, 9.17) is 4.74 Å². The van der Waals surface area contributed by atoms with E-state index in [2.05, 4.69) is 11.9 Å². The second-order valence-electron chi connectivity index (χ2n) is 4.14. The Balaban J connectivity index is 2.57. The van der Waals surface area contributed by atoms with E-state index in [1.54, 1.807) is 6.08 Å². The predicted molar refractivity (Wildman–Crippen MR) is 69.4 cm³/mol. The fraction of sp³-hybridized carbons (Fsp3) is 0.357. The Morgan fingerprint density at radius 3 is 2.67 bits per heavy atom. The van der Waals surface area contributed by atoms with Gasteiger partial charge in [-0.3, -0.25) is 4.79 Å². The molecular weight excluding hydrogens is 290 g/mol. The van der Waals surface area contributed by atoms with Crippen molar-refractivity contribution in [2.75, 3.05) is 19.8 Å². The third kappa shape index (κ3) is 5.55. The molecule has 1 aromatic rings. The van der Waals surface area contributed by atoms with Crippen molar-refractivity contribution < 1.29 is 27.1 Å². The first kappa shape index (κ1) is 17.2. The number of rotatable bonds is 7. The first-order valence-electron chi connectivity index (χ1n) is 6.20. The van der Waals surface area contributed by atoms with Gasteiger partial charge in [-0.25, -0.2) is 4.39 Å². The summed E-state index contributed by atoms with van der Waals surface area (Å²) in [5, 5.41) is 2.39. The quantitative estimate of drug-likeness (QED) is 0.477. The van der Waals surface area contributed by atoms with E-state index in [1.165, 1.54) is 0 Å². The summed E-state index contributed by atoms with van der Waals surface area (Å²) in [7, 11) is 0. The number of benzene rings is 1. The molecule has 0 aliphatic carbocycles. The molecule has 1 rings (SSSR count). The zero-order valence-electron chi connectivity index (χ0n) is 11.2. The maximum Gasteiger partial charge on any atom is 0.419 e. The number of hydrogen-bond donors (Lipinski definition) is 1. The van der Waals surface area contributed by atoms with Gasteiger partial charge in [-0.15, -0.1) is 6.58 Å². The molecular formula is C14H15F4NO2. The van der Waals surface area contributed by atoms with Crippen LogP contribution in [0.2, 0.25) is 0 Å². The molecule has 21 heavy (non-hydrogen) atoms. The van der Waals surface area contributed by atoms with Crippen molar-refractivity contribution in [1.29, 1.82) is 0 Å². The van der Waals surface area contributed by atoms with Crippen molar-refractivity contribution in [3.63, 3.8) is 0 Å². The Hall–Kier alpha value is -1.89. The largest absolute Gasteiger partial charge is 0.419 e. The summed E-state index contributed by atoms with van der Waals surface area (Å²) in [6.45, 7) is 4.34. The lowest BCUT2D eigenvalue weighted by Gasteiger charge is -2.10. The highest BCUT2D eigenvalue weighted by molar-refractivity contribution is 5.94. The van der Waals surface area contributed by atoms with E-state index >= 15 is 0 Å². The predicted octanol–water partition coefficient (Wildman–Crippen LogP) is 3.17. The maximum absolute atomic E-state index is 13.1. The van der Waals surface area contributed by atoms with Gasteiger partial charge in [0, 0.05) is 12.1 Å². The Morgan fingerprint density at radius 1 is 1.33 bits per heavy atom. The normalized spacial score (nSPS) is 11.2. The number of nitrogens with one attached hydrogen (secondary N) is 1. The summed E-state index contributed by atoms with van der Waals surface area (Å²) in [6.07, 6.45) is -2.50. The average Bonchev–Trinajstić information content (AvgIpc) is 2.41. The zero-order valence-corrected chi connectivity index (χ0v) is 11.2. The van der Waals surface area contributed by atoms with E-state index in [0.717, 1.165) is 6.07 Å². The van der Waals surface area contributed by atoms with Crippen LogP contribution in [-0.2, 0) is 10.9 Å². The molecule has 7 heteroatoms. The Labute approximate surface area is 119 Å². The molecule has 0 bridgehead atoms. The van der Waals surface area contributed by atoms with Crippen LogP contribution in [0.1, 0.15) is 22.3 Å². The van der Waals surface area contributed by atoms with E-state index in [-0.39, 0.29) is 18.7 Å². The zero-order chi connectivity index (χ0) is 15.9. The molecule has 0 radical (unpaired) electrons. The third-order valence-corrected chi connectivity index (χ3v) is 2.53. The molecule has 1 amide bonds. The molecule has 0 saturated heterocycles. The number of amides is 1. The molecule has 0 saturated carbocycles. The topological polar surface area (TPSA) is 38.3 Å². The highest BCUT2D eigenvalue weighted by Gasteiger charge is 2.34. The summed E-state index contributed by atoms with van der Waals surface area (Å²) in [6, 6.07) is 2.11. The number of hydrogen-bond acceptors (Lipinski definition) is 2. The number of carbonyl (C=O) groups excluding carboxylic acids is 1. The fourth-order valence-corrected chi connectivity index (χ4v) is 1.49. The van der Waals surface area contributed by atoms with Gasteiger partial charge in [-0.2, -0.15) is 13.2 Å². The Bertz CT molecular complexity index is 500.